The van der Waals surface area contributed by atoms with E-state index < -0.39 is 12.1 Å². The Balaban J connectivity index is 2.14. The van der Waals surface area contributed by atoms with Gasteiger partial charge in [0.15, 0.2) is 0 Å². The summed E-state index contributed by atoms with van der Waals surface area (Å²) in [7, 11) is 0. The van der Waals surface area contributed by atoms with Crippen molar-refractivity contribution in [3.05, 3.63) is 41.9 Å². The minimum absolute atomic E-state index is 0.218. The Morgan fingerprint density at radius 1 is 1.41 bits per heavy atom. The van der Waals surface area contributed by atoms with Crippen LogP contribution in [-0.4, -0.2) is 27.1 Å². The molecule has 2 bridgehead atoms. The Labute approximate surface area is 154 Å². The van der Waals surface area contributed by atoms with Crippen molar-refractivity contribution in [3.63, 3.8) is 0 Å². The average Bonchev–Trinajstić information content (AvgIpc) is 3.05. The fourth-order valence-electron chi connectivity index (χ4n) is 2.80. The van der Waals surface area contributed by atoms with Gasteiger partial charge < -0.3 is 21.1 Å². The van der Waals surface area contributed by atoms with Crippen LogP contribution >= 0.6 is 0 Å². The van der Waals surface area contributed by atoms with Crippen LogP contribution in [0.5, 0.6) is 0 Å². The predicted molar refractivity (Wildman–Crippen MR) is 98.9 cm³/mol. The van der Waals surface area contributed by atoms with Gasteiger partial charge in [0.2, 0.25) is 5.91 Å². The number of H-pyrrole nitrogens is 1. The second-order valence-corrected chi connectivity index (χ2v) is 6.05. The van der Waals surface area contributed by atoms with E-state index in [0.29, 0.717) is 35.6 Å². The number of nitrogens with one attached hydrogen (secondary N) is 3. The summed E-state index contributed by atoms with van der Waals surface area (Å²) in [6.45, 7) is 0. The number of benzene rings is 1. The van der Waals surface area contributed by atoms with Crippen LogP contribution in [0.25, 0.3) is 11.3 Å². The van der Waals surface area contributed by atoms with E-state index >= 15 is 0 Å². The van der Waals surface area contributed by atoms with E-state index in [1.807, 2.05) is 12.2 Å². The molecule has 0 unspecified atom stereocenters. The van der Waals surface area contributed by atoms with Gasteiger partial charge in [-0.2, -0.15) is 5.26 Å². The van der Waals surface area contributed by atoms with Gasteiger partial charge in [-0.1, -0.05) is 12.2 Å². The number of allylic oxidation sites excluding steroid dienone is 1. The number of carbonyl (C=O) groups is 2. The molecule has 3 rings (SSSR count). The Hall–Kier alpha value is -3.64. The van der Waals surface area contributed by atoms with E-state index in [0.717, 1.165) is 0 Å². The van der Waals surface area contributed by atoms with E-state index in [1.165, 1.54) is 12.1 Å². The molecule has 1 aromatic heterocycles. The van der Waals surface area contributed by atoms with E-state index in [2.05, 4.69) is 26.7 Å². The molecule has 138 valence electrons. The second-order valence-electron chi connectivity index (χ2n) is 6.05. The number of hydrogen-bond donors (Lipinski definition) is 5. The van der Waals surface area contributed by atoms with Crippen LogP contribution in [-0.2, 0) is 4.79 Å². The van der Waals surface area contributed by atoms with Crippen molar-refractivity contribution in [1.29, 1.82) is 5.26 Å². The van der Waals surface area contributed by atoms with Gasteiger partial charge in [0.1, 0.15) is 23.3 Å². The van der Waals surface area contributed by atoms with Crippen LogP contribution in [0.2, 0.25) is 0 Å². The molecular formula is C18H18N6O3. The maximum Gasteiger partial charge on any atom is 0.409 e. The molecule has 9 heteroatoms. The van der Waals surface area contributed by atoms with Gasteiger partial charge in [-0.15, -0.1) is 0 Å². The Morgan fingerprint density at radius 3 is 2.96 bits per heavy atom. The van der Waals surface area contributed by atoms with E-state index in [1.54, 1.807) is 6.07 Å². The van der Waals surface area contributed by atoms with E-state index in [4.69, 9.17) is 10.8 Å². The first-order chi connectivity index (χ1) is 13.0. The summed E-state index contributed by atoms with van der Waals surface area (Å²) in [5.74, 6) is 0.238. The maximum absolute atomic E-state index is 12.3. The summed E-state index contributed by atoms with van der Waals surface area (Å²) in [5, 5.41) is 23.4. The first-order valence-corrected chi connectivity index (χ1v) is 8.32. The minimum atomic E-state index is -1.22. The molecule has 27 heavy (non-hydrogen) atoms. The molecular weight excluding hydrogens is 348 g/mol. The monoisotopic (exact) mass is 366 g/mol. The number of carbonyl (C=O) groups excluding carboxylic acids is 1. The topological polar surface area (TPSA) is 157 Å². The molecule has 6 N–H and O–H groups in total. The van der Waals surface area contributed by atoms with E-state index in [9.17, 15) is 14.9 Å². The predicted octanol–water partition coefficient (Wildman–Crippen LogP) is 2.72. The number of amides is 2. The van der Waals surface area contributed by atoms with Gasteiger partial charge in [0.25, 0.3) is 0 Å². The molecule has 0 aliphatic carbocycles. The summed E-state index contributed by atoms with van der Waals surface area (Å²) < 4.78 is 0. The number of imidazole rings is 1. The SMILES string of the molecule is N#Cc1[nH]c2nc1-c1ccc(NC(=O)O)cc1NC(=O)CC/C=C/C[C@@H]2N. The van der Waals surface area contributed by atoms with Gasteiger partial charge in [0, 0.05) is 17.7 Å². The second kappa shape index (κ2) is 7.72. The Bertz CT molecular complexity index is 956. The number of rotatable bonds is 1. The fraction of sp³-hybridized carbons (Fsp3) is 0.222. The normalized spacial score (nSPS) is 17.9. The lowest BCUT2D eigenvalue weighted by molar-refractivity contribution is -0.116. The molecule has 2 aromatic rings. The van der Waals surface area contributed by atoms with Gasteiger partial charge in [-0.3, -0.25) is 10.1 Å². The zero-order valence-electron chi connectivity index (χ0n) is 14.3. The quantitative estimate of drug-likeness (QED) is 0.488. The molecule has 1 aliphatic rings. The molecule has 1 aliphatic heterocycles. The standard InChI is InChI=1S/C18H18N6O3/c19-9-14-16-11-7-6-10(21-18(26)27)8-13(11)22-15(25)5-3-1-2-4-12(20)17(23-14)24-16/h1-2,6-8,12,21H,3-5,20H2,(H,22,25)(H,23,24)(H,26,27)/b2-1+/t12-/m0/s1. The van der Waals surface area contributed by atoms with Crippen molar-refractivity contribution in [1.82, 2.24) is 9.97 Å². The highest BCUT2D eigenvalue weighted by molar-refractivity contribution is 5.97. The molecule has 1 atom stereocenters. The van der Waals surface area contributed by atoms with Crippen LogP contribution in [0.1, 0.15) is 36.8 Å². The number of anilines is 2. The number of aromatic nitrogens is 2. The third-order valence-corrected chi connectivity index (χ3v) is 4.08. The molecule has 0 spiro atoms. The van der Waals surface area contributed by atoms with Crippen molar-refractivity contribution in [2.75, 3.05) is 10.6 Å². The van der Waals surface area contributed by atoms with Gasteiger partial charge in [-0.25, -0.2) is 9.78 Å². The van der Waals surface area contributed by atoms with Crippen molar-refractivity contribution >= 4 is 23.4 Å². The highest BCUT2D eigenvalue weighted by atomic mass is 16.4. The molecule has 2 heterocycles. The average molecular weight is 366 g/mol. The molecule has 0 saturated heterocycles. The van der Waals surface area contributed by atoms with Crippen LogP contribution in [0.3, 0.4) is 0 Å². The number of nitriles is 1. The molecule has 0 fully saturated rings. The molecule has 0 saturated carbocycles. The highest BCUT2D eigenvalue weighted by Crippen LogP contribution is 2.33. The number of aromatic amines is 1. The van der Waals surface area contributed by atoms with Crippen molar-refractivity contribution in [2.24, 2.45) is 5.73 Å². The first kappa shape index (κ1) is 18.2. The molecule has 2 amide bonds. The largest absolute Gasteiger partial charge is 0.465 e. The van der Waals surface area contributed by atoms with Crippen LogP contribution in [0.4, 0.5) is 16.2 Å². The zero-order valence-corrected chi connectivity index (χ0v) is 14.3. The summed E-state index contributed by atoms with van der Waals surface area (Å²) in [6.07, 6.45) is 3.86. The van der Waals surface area contributed by atoms with Crippen LogP contribution in [0, 0.1) is 11.3 Å². The lowest BCUT2D eigenvalue weighted by Gasteiger charge is -2.12. The smallest absolute Gasteiger partial charge is 0.409 e. The minimum Gasteiger partial charge on any atom is -0.465 e. The number of fused-ring (bicyclic) bond motifs is 4. The number of hydrogen-bond acceptors (Lipinski definition) is 5. The van der Waals surface area contributed by atoms with Crippen molar-refractivity contribution < 1.29 is 14.7 Å². The van der Waals surface area contributed by atoms with Crippen molar-refractivity contribution in [2.45, 2.75) is 25.3 Å². The van der Waals surface area contributed by atoms with Crippen LogP contribution in [0.15, 0.2) is 30.4 Å². The number of nitrogens with zero attached hydrogens (tertiary/aromatic N) is 2. The van der Waals surface area contributed by atoms with Crippen LogP contribution < -0.4 is 16.4 Å². The number of nitrogens with two attached hydrogens (primary N) is 1. The maximum atomic E-state index is 12.3. The van der Waals surface area contributed by atoms with Gasteiger partial charge in [0.05, 0.1) is 11.7 Å². The van der Waals surface area contributed by atoms with Gasteiger partial charge in [-0.05, 0) is 31.0 Å². The summed E-state index contributed by atoms with van der Waals surface area (Å²) in [4.78, 5) is 30.6. The molecule has 1 aromatic carbocycles. The lowest BCUT2D eigenvalue weighted by atomic mass is 10.1. The third kappa shape index (κ3) is 4.13. The highest BCUT2D eigenvalue weighted by Gasteiger charge is 2.20. The molecule has 9 nitrogen and oxygen atoms in total. The number of carboxylic acid groups (broad SMARTS) is 1. The lowest BCUT2D eigenvalue weighted by Crippen LogP contribution is -2.13. The van der Waals surface area contributed by atoms with E-state index in [-0.39, 0.29) is 23.7 Å². The third-order valence-electron chi connectivity index (χ3n) is 4.08. The van der Waals surface area contributed by atoms with Gasteiger partial charge >= 0.3 is 6.09 Å². The summed E-state index contributed by atoms with van der Waals surface area (Å²) in [5.41, 5.74) is 7.85. The Kier molecular flexibility index (Phi) is 5.19. The summed E-state index contributed by atoms with van der Waals surface area (Å²) >= 11 is 0. The Morgan fingerprint density at radius 2 is 2.22 bits per heavy atom. The summed E-state index contributed by atoms with van der Waals surface area (Å²) in [6, 6.07) is 6.27. The van der Waals surface area contributed by atoms with Crippen molar-refractivity contribution in [3.8, 4) is 17.3 Å². The zero-order chi connectivity index (χ0) is 19.4. The fourth-order valence-corrected chi connectivity index (χ4v) is 2.80. The molecule has 0 radical (unpaired) electrons. The first-order valence-electron chi connectivity index (χ1n) is 8.32.